The van der Waals surface area contributed by atoms with E-state index in [1.54, 1.807) is 4.90 Å². The summed E-state index contributed by atoms with van der Waals surface area (Å²) in [7, 11) is 0. The van der Waals surface area contributed by atoms with Gasteiger partial charge in [0.1, 0.15) is 0 Å². The van der Waals surface area contributed by atoms with E-state index in [9.17, 15) is 9.59 Å². The molecule has 1 fully saturated rings. The Labute approximate surface area is 136 Å². The molecular formula is C19H20N2O2. The number of para-hydroxylation sites is 1. The van der Waals surface area contributed by atoms with Crippen LogP contribution in [0.5, 0.6) is 0 Å². The number of anilines is 2. The van der Waals surface area contributed by atoms with Gasteiger partial charge in [0, 0.05) is 24.3 Å². The lowest BCUT2D eigenvalue weighted by Gasteiger charge is -2.17. The van der Waals surface area contributed by atoms with Gasteiger partial charge in [0.05, 0.1) is 5.92 Å². The summed E-state index contributed by atoms with van der Waals surface area (Å²) in [6.07, 6.45) is 0.256. The molecular weight excluding hydrogens is 288 g/mol. The molecule has 0 spiro atoms. The van der Waals surface area contributed by atoms with E-state index >= 15 is 0 Å². The maximum absolute atomic E-state index is 12.5. The van der Waals surface area contributed by atoms with Gasteiger partial charge < -0.3 is 10.2 Å². The lowest BCUT2D eigenvalue weighted by atomic mass is 10.1. The molecule has 0 radical (unpaired) electrons. The molecule has 1 N–H and O–H groups in total. The van der Waals surface area contributed by atoms with Crippen LogP contribution in [0, 0.1) is 19.8 Å². The summed E-state index contributed by atoms with van der Waals surface area (Å²) >= 11 is 0. The average Bonchev–Trinajstić information content (AvgIpc) is 2.92. The zero-order valence-corrected chi connectivity index (χ0v) is 13.4. The van der Waals surface area contributed by atoms with Gasteiger partial charge in [0.2, 0.25) is 11.8 Å². The van der Waals surface area contributed by atoms with Crippen LogP contribution < -0.4 is 10.2 Å². The summed E-state index contributed by atoms with van der Waals surface area (Å²) in [5.74, 6) is -0.413. The molecule has 0 saturated carbocycles. The Morgan fingerprint density at radius 3 is 2.48 bits per heavy atom. The highest BCUT2D eigenvalue weighted by atomic mass is 16.2. The third-order valence-corrected chi connectivity index (χ3v) is 4.24. The lowest BCUT2D eigenvalue weighted by molar-refractivity contribution is -0.122. The van der Waals surface area contributed by atoms with Crippen LogP contribution in [0.1, 0.15) is 17.5 Å². The Morgan fingerprint density at radius 2 is 1.78 bits per heavy atom. The molecule has 1 heterocycles. The molecule has 118 valence electrons. The SMILES string of the molecule is Cc1ccc(N2CC(C(=O)Nc3ccccc3C)CC2=O)cc1. The Kier molecular flexibility index (Phi) is 4.15. The molecule has 0 aliphatic carbocycles. The highest BCUT2D eigenvalue weighted by Gasteiger charge is 2.35. The number of rotatable bonds is 3. The van der Waals surface area contributed by atoms with Crippen molar-refractivity contribution in [3.8, 4) is 0 Å². The molecule has 2 aromatic rings. The molecule has 1 unspecified atom stereocenters. The van der Waals surface area contributed by atoms with E-state index in [1.165, 1.54) is 0 Å². The maximum atomic E-state index is 12.5. The maximum Gasteiger partial charge on any atom is 0.229 e. The van der Waals surface area contributed by atoms with E-state index in [4.69, 9.17) is 0 Å². The number of amides is 2. The lowest BCUT2D eigenvalue weighted by Crippen LogP contribution is -2.28. The molecule has 4 heteroatoms. The highest BCUT2D eigenvalue weighted by Crippen LogP contribution is 2.26. The smallest absolute Gasteiger partial charge is 0.229 e. The van der Waals surface area contributed by atoms with Gasteiger partial charge in [-0.05, 0) is 37.6 Å². The van der Waals surface area contributed by atoms with Crippen LogP contribution in [0.3, 0.4) is 0 Å². The number of hydrogen-bond acceptors (Lipinski definition) is 2. The van der Waals surface area contributed by atoms with Crippen LogP contribution in [0.15, 0.2) is 48.5 Å². The van der Waals surface area contributed by atoms with E-state index in [1.807, 2.05) is 62.4 Å². The molecule has 1 saturated heterocycles. The van der Waals surface area contributed by atoms with Crippen LogP contribution in [0.4, 0.5) is 11.4 Å². The molecule has 2 amide bonds. The van der Waals surface area contributed by atoms with Gasteiger partial charge in [-0.2, -0.15) is 0 Å². The third-order valence-electron chi connectivity index (χ3n) is 4.24. The van der Waals surface area contributed by atoms with E-state index in [2.05, 4.69) is 5.32 Å². The van der Waals surface area contributed by atoms with Crippen molar-refractivity contribution >= 4 is 23.2 Å². The van der Waals surface area contributed by atoms with E-state index in [-0.39, 0.29) is 24.2 Å². The molecule has 0 aromatic heterocycles. The van der Waals surface area contributed by atoms with Crippen molar-refractivity contribution in [2.24, 2.45) is 5.92 Å². The number of aryl methyl sites for hydroxylation is 2. The first kappa shape index (κ1) is 15.3. The fraction of sp³-hybridized carbons (Fsp3) is 0.263. The van der Waals surface area contributed by atoms with Crippen LogP contribution >= 0.6 is 0 Å². The van der Waals surface area contributed by atoms with E-state index in [0.29, 0.717) is 6.54 Å². The van der Waals surface area contributed by atoms with Crippen molar-refractivity contribution in [3.63, 3.8) is 0 Å². The Balaban J connectivity index is 1.71. The molecule has 0 bridgehead atoms. The Hall–Kier alpha value is -2.62. The molecule has 1 atom stereocenters. The standard InChI is InChI=1S/C19H20N2O2/c1-13-7-9-16(10-8-13)21-12-15(11-18(21)22)19(23)20-17-6-4-3-5-14(17)2/h3-10,15H,11-12H2,1-2H3,(H,20,23). The first-order valence-electron chi connectivity index (χ1n) is 7.78. The van der Waals surface area contributed by atoms with Gasteiger partial charge in [-0.3, -0.25) is 9.59 Å². The van der Waals surface area contributed by atoms with Crippen LogP contribution in [0.2, 0.25) is 0 Å². The normalized spacial score (nSPS) is 17.4. The Morgan fingerprint density at radius 1 is 1.09 bits per heavy atom. The summed E-state index contributed by atoms with van der Waals surface area (Å²) in [6, 6.07) is 15.5. The largest absolute Gasteiger partial charge is 0.326 e. The summed E-state index contributed by atoms with van der Waals surface area (Å²) in [5, 5.41) is 2.94. The minimum atomic E-state index is -0.316. The fourth-order valence-electron chi connectivity index (χ4n) is 2.81. The van der Waals surface area contributed by atoms with Crippen molar-refractivity contribution in [2.75, 3.05) is 16.8 Å². The number of carbonyl (C=O) groups excluding carboxylic acids is 2. The third kappa shape index (κ3) is 3.26. The number of nitrogens with zero attached hydrogens (tertiary/aromatic N) is 1. The molecule has 1 aliphatic rings. The van der Waals surface area contributed by atoms with Crippen LogP contribution in [-0.2, 0) is 9.59 Å². The molecule has 23 heavy (non-hydrogen) atoms. The topological polar surface area (TPSA) is 49.4 Å². The van der Waals surface area contributed by atoms with Gasteiger partial charge in [-0.25, -0.2) is 0 Å². The summed E-state index contributed by atoms with van der Waals surface area (Å²) in [5.41, 5.74) is 3.82. The van der Waals surface area contributed by atoms with Crippen molar-refractivity contribution in [3.05, 3.63) is 59.7 Å². The average molecular weight is 308 g/mol. The van der Waals surface area contributed by atoms with E-state index in [0.717, 1.165) is 22.5 Å². The number of hydrogen-bond donors (Lipinski definition) is 1. The molecule has 3 rings (SSSR count). The Bertz CT molecular complexity index is 737. The molecule has 1 aliphatic heterocycles. The van der Waals surface area contributed by atoms with Gasteiger partial charge in [0.15, 0.2) is 0 Å². The quantitative estimate of drug-likeness (QED) is 0.946. The molecule has 4 nitrogen and oxygen atoms in total. The van der Waals surface area contributed by atoms with E-state index < -0.39 is 0 Å². The second-order valence-electron chi connectivity index (χ2n) is 6.05. The second-order valence-corrected chi connectivity index (χ2v) is 6.05. The summed E-state index contributed by atoms with van der Waals surface area (Å²) in [4.78, 5) is 26.4. The van der Waals surface area contributed by atoms with Crippen LogP contribution in [0.25, 0.3) is 0 Å². The van der Waals surface area contributed by atoms with Gasteiger partial charge in [-0.15, -0.1) is 0 Å². The highest BCUT2D eigenvalue weighted by molar-refractivity contribution is 6.03. The predicted octanol–water partition coefficient (Wildman–Crippen LogP) is 3.30. The van der Waals surface area contributed by atoms with Crippen molar-refractivity contribution < 1.29 is 9.59 Å². The first-order valence-corrected chi connectivity index (χ1v) is 7.78. The summed E-state index contributed by atoms with van der Waals surface area (Å²) < 4.78 is 0. The van der Waals surface area contributed by atoms with Gasteiger partial charge in [-0.1, -0.05) is 35.9 Å². The predicted molar refractivity (Wildman–Crippen MR) is 91.4 cm³/mol. The zero-order chi connectivity index (χ0) is 16.4. The monoisotopic (exact) mass is 308 g/mol. The number of carbonyl (C=O) groups is 2. The van der Waals surface area contributed by atoms with Gasteiger partial charge >= 0.3 is 0 Å². The molecule has 2 aromatic carbocycles. The van der Waals surface area contributed by atoms with Crippen molar-refractivity contribution in [1.29, 1.82) is 0 Å². The second kappa shape index (κ2) is 6.24. The van der Waals surface area contributed by atoms with Crippen LogP contribution in [-0.4, -0.2) is 18.4 Å². The number of benzene rings is 2. The zero-order valence-electron chi connectivity index (χ0n) is 13.4. The number of nitrogens with one attached hydrogen (secondary N) is 1. The minimum Gasteiger partial charge on any atom is -0.326 e. The van der Waals surface area contributed by atoms with Gasteiger partial charge in [0.25, 0.3) is 0 Å². The van der Waals surface area contributed by atoms with Crippen molar-refractivity contribution in [2.45, 2.75) is 20.3 Å². The summed E-state index contributed by atoms with van der Waals surface area (Å²) in [6.45, 7) is 4.39. The minimum absolute atomic E-state index is 0.00112. The van der Waals surface area contributed by atoms with Crippen molar-refractivity contribution in [1.82, 2.24) is 0 Å². The first-order chi connectivity index (χ1) is 11.0. The fourth-order valence-corrected chi connectivity index (χ4v) is 2.81.